The summed E-state index contributed by atoms with van der Waals surface area (Å²) in [7, 11) is 1.66. The van der Waals surface area contributed by atoms with Crippen molar-refractivity contribution < 1.29 is 4.74 Å². The largest absolute Gasteiger partial charge is 0.377 e. The van der Waals surface area contributed by atoms with Crippen LogP contribution < -0.4 is 15.5 Å². The molecule has 0 bridgehead atoms. The molecule has 10 heteroatoms. The molecule has 0 saturated carbocycles. The third kappa shape index (κ3) is 7.03. The smallest absolute Gasteiger partial charge is 0.191 e. The van der Waals surface area contributed by atoms with Gasteiger partial charge in [0, 0.05) is 45.4 Å². The number of hydrogen-bond acceptors (Lipinski definition) is 6. The molecular formula is C21H35IN8O. The standard InChI is InChI=1S/C21H34N8O.HI/c1-5-22-21(24-13-16-8-10-19(23-12-16)28(6-2)7-3)25-17-9-11-20-26-18(15-30-4)27-29(20)14-17;/h8,10,12,17H,5-7,9,11,13-15H2,1-4H3,(H2,22,24,25);1H. The predicted molar refractivity (Wildman–Crippen MR) is 134 cm³/mol. The second-order valence-corrected chi connectivity index (χ2v) is 7.33. The Morgan fingerprint density at radius 3 is 2.74 bits per heavy atom. The Hall–Kier alpha value is -1.95. The highest BCUT2D eigenvalue weighted by molar-refractivity contribution is 14.0. The molecule has 9 nitrogen and oxygen atoms in total. The fraction of sp³-hybridized carbons (Fsp3) is 0.619. The van der Waals surface area contributed by atoms with E-state index < -0.39 is 0 Å². The van der Waals surface area contributed by atoms with Crippen LogP contribution in [0.2, 0.25) is 0 Å². The maximum Gasteiger partial charge on any atom is 0.191 e. The van der Waals surface area contributed by atoms with Gasteiger partial charge in [-0.25, -0.2) is 19.6 Å². The summed E-state index contributed by atoms with van der Waals surface area (Å²) in [5.74, 6) is 3.60. The molecule has 0 saturated heterocycles. The molecule has 2 aromatic rings. The zero-order valence-corrected chi connectivity index (χ0v) is 21.3. The monoisotopic (exact) mass is 542 g/mol. The minimum Gasteiger partial charge on any atom is -0.377 e. The van der Waals surface area contributed by atoms with Gasteiger partial charge in [-0.1, -0.05) is 6.07 Å². The molecule has 0 fully saturated rings. The zero-order chi connectivity index (χ0) is 21.3. The zero-order valence-electron chi connectivity index (χ0n) is 19.0. The molecule has 0 spiro atoms. The Morgan fingerprint density at radius 2 is 2.10 bits per heavy atom. The van der Waals surface area contributed by atoms with Crippen molar-refractivity contribution in [2.75, 3.05) is 31.6 Å². The van der Waals surface area contributed by atoms with Gasteiger partial charge in [0.15, 0.2) is 11.8 Å². The summed E-state index contributed by atoms with van der Waals surface area (Å²) in [6.07, 6.45) is 3.81. The lowest BCUT2D eigenvalue weighted by Crippen LogP contribution is -2.47. The van der Waals surface area contributed by atoms with Crippen LogP contribution in [0.15, 0.2) is 23.3 Å². The summed E-state index contributed by atoms with van der Waals surface area (Å²) in [5, 5.41) is 11.4. The van der Waals surface area contributed by atoms with Crippen molar-refractivity contribution in [1.29, 1.82) is 0 Å². The summed E-state index contributed by atoms with van der Waals surface area (Å²) in [6.45, 7) is 10.9. The number of guanidine groups is 1. The van der Waals surface area contributed by atoms with Crippen LogP contribution >= 0.6 is 24.0 Å². The fourth-order valence-corrected chi connectivity index (χ4v) is 3.60. The Bertz CT molecular complexity index is 819. The van der Waals surface area contributed by atoms with Gasteiger partial charge in [0.05, 0.1) is 13.1 Å². The maximum absolute atomic E-state index is 5.15. The van der Waals surface area contributed by atoms with Crippen molar-refractivity contribution in [3.8, 4) is 0 Å². The number of fused-ring (bicyclic) bond motifs is 1. The van der Waals surface area contributed by atoms with Gasteiger partial charge in [-0.15, -0.1) is 24.0 Å². The number of hydrogen-bond donors (Lipinski definition) is 2. The SMILES string of the molecule is CCNC(=NCc1ccc(N(CC)CC)nc1)NC1CCc2nc(COC)nn2C1.I. The third-order valence-corrected chi connectivity index (χ3v) is 5.18. The Balaban J connectivity index is 0.00000341. The second kappa shape index (κ2) is 12.8. The number of pyridine rings is 1. The Labute approximate surface area is 202 Å². The van der Waals surface area contributed by atoms with Crippen molar-refractivity contribution in [2.45, 2.75) is 59.4 Å². The predicted octanol–water partition coefficient (Wildman–Crippen LogP) is 2.35. The van der Waals surface area contributed by atoms with E-state index in [1.165, 1.54) is 0 Å². The van der Waals surface area contributed by atoms with Gasteiger partial charge < -0.3 is 20.3 Å². The van der Waals surface area contributed by atoms with Crippen LogP contribution in [0.5, 0.6) is 0 Å². The van der Waals surface area contributed by atoms with E-state index in [-0.39, 0.29) is 30.0 Å². The van der Waals surface area contributed by atoms with Crippen LogP contribution in [-0.2, 0) is 30.9 Å². The van der Waals surface area contributed by atoms with E-state index >= 15 is 0 Å². The molecule has 0 aliphatic carbocycles. The average Bonchev–Trinajstić information content (AvgIpc) is 3.16. The number of aliphatic imine (C=N–C) groups is 1. The summed E-state index contributed by atoms with van der Waals surface area (Å²) in [5.41, 5.74) is 1.09. The summed E-state index contributed by atoms with van der Waals surface area (Å²) in [6, 6.07) is 4.44. The number of nitrogens with zero attached hydrogens (tertiary/aromatic N) is 6. The molecule has 0 aromatic carbocycles. The molecule has 1 atom stereocenters. The van der Waals surface area contributed by atoms with Crippen LogP contribution in [0.25, 0.3) is 0 Å². The lowest BCUT2D eigenvalue weighted by Gasteiger charge is -2.25. The van der Waals surface area contributed by atoms with Gasteiger partial charge >= 0.3 is 0 Å². The number of aromatic nitrogens is 4. The summed E-state index contributed by atoms with van der Waals surface area (Å²) >= 11 is 0. The number of nitrogens with one attached hydrogen (secondary N) is 2. The van der Waals surface area contributed by atoms with Crippen molar-refractivity contribution in [2.24, 2.45) is 4.99 Å². The topological polar surface area (TPSA) is 92.5 Å². The van der Waals surface area contributed by atoms with Crippen LogP contribution in [0.3, 0.4) is 0 Å². The van der Waals surface area contributed by atoms with Gasteiger partial charge in [0.2, 0.25) is 0 Å². The first-order valence-corrected chi connectivity index (χ1v) is 10.8. The molecule has 3 rings (SSSR count). The molecule has 0 radical (unpaired) electrons. The van der Waals surface area contributed by atoms with Crippen molar-refractivity contribution in [1.82, 2.24) is 30.4 Å². The van der Waals surface area contributed by atoms with Gasteiger partial charge in [-0.05, 0) is 38.8 Å². The first-order valence-electron chi connectivity index (χ1n) is 10.8. The first kappa shape index (κ1) is 25.3. The molecule has 3 heterocycles. The minimum atomic E-state index is 0. The number of aryl methyl sites for hydroxylation is 1. The Kier molecular flexibility index (Phi) is 10.4. The lowest BCUT2D eigenvalue weighted by atomic mass is 10.1. The average molecular weight is 542 g/mol. The number of rotatable bonds is 9. The van der Waals surface area contributed by atoms with Crippen molar-refractivity contribution in [3.63, 3.8) is 0 Å². The van der Waals surface area contributed by atoms with Crippen molar-refractivity contribution >= 4 is 35.8 Å². The van der Waals surface area contributed by atoms with E-state index in [4.69, 9.17) is 9.73 Å². The van der Waals surface area contributed by atoms with Crippen molar-refractivity contribution in [3.05, 3.63) is 35.5 Å². The second-order valence-electron chi connectivity index (χ2n) is 7.33. The number of anilines is 1. The molecule has 1 unspecified atom stereocenters. The number of methoxy groups -OCH3 is 1. The highest BCUT2D eigenvalue weighted by atomic mass is 127. The Morgan fingerprint density at radius 1 is 1.29 bits per heavy atom. The summed E-state index contributed by atoms with van der Waals surface area (Å²) in [4.78, 5) is 16.1. The van der Waals surface area contributed by atoms with Crippen LogP contribution in [-0.4, -0.2) is 58.5 Å². The normalized spacial score (nSPS) is 15.7. The van der Waals surface area contributed by atoms with E-state index in [1.807, 2.05) is 10.9 Å². The molecule has 2 aromatic heterocycles. The van der Waals surface area contributed by atoms with Gasteiger partial charge in [-0.2, -0.15) is 5.10 Å². The molecule has 2 N–H and O–H groups in total. The van der Waals surface area contributed by atoms with E-state index in [9.17, 15) is 0 Å². The summed E-state index contributed by atoms with van der Waals surface area (Å²) < 4.78 is 7.13. The van der Waals surface area contributed by atoms with E-state index in [0.717, 1.165) is 68.0 Å². The highest BCUT2D eigenvalue weighted by Gasteiger charge is 2.22. The van der Waals surface area contributed by atoms with Crippen LogP contribution in [0.4, 0.5) is 5.82 Å². The molecule has 0 amide bonds. The van der Waals surface area contributed by atoms with E-state index in [0.29, 0.717) is 13.2 Å². The number of halogens is 1. The quantitative estimate of drug-likeness (QED) is 0.286. The maximum atomic E-state index is 5.15. The van der Waals surface area contributed by atoms with Crippen LogP contribution in [0, 0.1) is 0 Å². The molecule has 31 heavy (non-hydrogen) atoms. The third-order valence-electron chi connectivity index (χ3n) is 5.18. The first-order chi connectivity index (χ1) is 14.7. The van der Waals surface area contributed by atoms with Crippen LogP contribution in [0.1, 0.15) is 44.4 Å². The fourth-order valence-electron chi connectivity index (χ4n) is 3.60. The molecule has 172 valence electrons. The van der Waals surface area contributed by atoms with Gasteiger partial charge in [-0.3, -0.25) is 0 Å². The molecule has 1 aliphatic rings. The number of ether oxygens (including phenoxy) is 1. The highest BCUT2D eigenvalue weighted by Crippen LogP contribution is 2.14. The molecule has 1 aliphatic heterocycles. The van der Waals surface area contributed by atoms with E-state index in [2.05, 4.69) is 63.5 Å². The van der Waals surface area contributed by atoms with Gasteiger partial charge in [0.25, 0.3) is 0 Å². The van der Waals surface area contributed by atoms with E-state index in [1.54, 1.807) is 7.11 Å². The molecular weight excluding hydrogens is 507 g/mol. The minimum absolute atomic E-state index is 0. The lowest BCUT2D eigenvalue weighted by molar-refractivity contribution is 0.177. The van der Waals surface area contributed by atoms with Gasteiger partial charge in [0.1, 0.15) is 18.2 Å².